The highest BCUT2D eigenvalue weighted by atomic mass is 16.4. The third-order valence-corrected chi connectivity index (χ3v) is 5.16. The fraction of sp³-hybridized carbons (Fsp3) is 0.737. The van der Waals surface area contributed by atoms with E-state index >= 15 is 0 Å². The van der Waals surface area contributed by atoms with Crippen LogP contribution in [-0.4, -0.2) is 75.8 Å². The second-order valence-corrected chi connectivity index (χ2v) is 7.52. The van der Waals surface area contributed by atoms with Crippen LogP contribution >= 0.6 is 0 Å². The van der Waals surface area contributed by atoms with Gasteiger partial charge in [0.1, 0.15) is 18.1 Å². The quantitative estimate of drug-likeness (QED) is 0.164. The molecule has 3 amide bonds. The Morgan fingerprint density at radius 2 is 1.32 bits per heavy atom. The van der Waals surface area contributed by atoms with E-state index in [-0.39, 0.29) is 11.8 Å². The van der Waals surface area contributed by atoms with Crippen LogP contribution in [0.4, 0.5) is 0 Å². The molecule has 178 valence electrons. The lowest BCUT2D eigenvalue weighted by molar-refractivity contribution is -0.144. The molecule has 0 rings (SSSR count). The van der Waals surface area contributed by atoms with Gasteiger partial charge in [-0.05, 0) is 11.8 Å². The van der Waals surface area contributed by atoms with Crippen molar-refractivity contribution in [1.82, 2.24) is 16.0 Å². The van der Waals surface area contributed by atoms with Crippen LogP contribution < -0.4 is 21.7 Å². The molecule has 0 spiro atoms. The highest BCUT2D eigenvalue weighted by Gasteiger charge is 2.33. The van der Waals surface area contributed by atoms with Crippen LogP contribution in [-0.2, 0) is 24.0 Å². The maximum Gasteiger partial charge on any atom is 0.328 e. The van der Waals surface area contributed by atoms with Crippen molar-refractivity contribution in [3.8, 4) is 0 Å². The van der Waals surface area contributed by atoms with Crippen molar-refractivity contribution in [2.75, 3.05) is 6.61 Å². The lowest BCUT2D eigenvalue weighted by Gasteiger charge is -2.28. The summed E-state index contributed by atoms with van der Waals surface area (Å²) in [5, 5.41) is 33.8. The number of hydrogen-bond acceptors (Lipinski definition) is 7. The van der Waals surface area contributed by atoms with Crippen LogP contribution in [0.1, 0.15) is 47.0 Å². The SMILES string of the molecule is CCC(C)C(N)C(=O)NC(C(=O)NC(CC(=O)O)C(=O)NC(CO)C(=O)O)C(C)CC. The minimum absolute atomic E-state index is 0.141. The Balaban J connectivity index is 5.53. The van der Waals surface area contributed by atoms with E-state index < -0.39 is 66.9 Å². The molecule has 6 unspecified atom stereocenters. The van der Waals surface area contributed by atoms with Gasteiger partial charge in [0.25, 0.3) is 0 Å². The van der Waals surface area contributed by atoms with Crippen molar-refractivity contribution in [2.24, 2.45) is 17.6 Å². The lowest BCUT2D eigenvalue weighted by Crippen LogP contribution is -2.59. The van der Waals surface area contributed by atoms with Crippen LogP contribution in [0.25, 0.3) is 0 Å². The van der Waals surface area contributed by atoms with Gasteiger partial charge in [0.05, 0.1) is 19.1 Å². The zero-order valence-electron chi connectivity index (χ0n) is 18.3. The molecule has 0 fully saturated rings. The fourth-order valence-electron chi connectivity index (χ4n) is 2.57. The Kier molecular flexibility index (Phi) is 12.4. The van der Waals surface area contributed by atoms with Gasteiger partial charge in [-0.25, -0.2) is 4.79 Å². The van der Waals surface area contributed by atoms with Gasteiger partial charge in [0.15, 0.2) is 0 Å². The first-order valence-electron chi connectivity index (χ1n) is 10.1. The second-order valence-electron chi connectivity index (χ2n) is 7.52. The number of rotatable bonds is 14. The van der Waals surface area contributed by atoms with E-state index in [0.717, 1.165) is 0 Å². The van der Waals surface area contributed by atoms with Crippen molar-refractivity contribution in [2.45, 2.75) is 71.1 Å². The zero-order valence-corrected chi connectivity index (χ0v) is 18.3. The minimum Gasteiger partial charge on any atom is -0.481 e. The number of aliphatic hydroxyl groups is 1. The summed E-state index contributed by atoms with van der Waals surface area (Å²) < 4.78 is 0. The minimum atomic E-state index is -1.67. The normalized spacial score (nSPS) is 16.7. The van der Waals surface area contributed by atoms with Crippen molar-refractivity contribution in [3.63, 3.8) is 0 Å². The molecule has 0 aromatic rings. The molecule has 0 heterocycles. The Hall–Kier alpha value is -2.73. The van der Waals surface area contributed by atoms with Gasteiger partial charge >= 0.3 is 11.9 Å². The molecule has 6 atom stereocenters. The first kappa shape index (κ1) is 28.3. The van der Waals surface area contributed by atoms with Crippen LogP contribution in [0.15, 0.2) is 0 Å². The molecular weight excluding hydrogens is 412 g/mol. The molecule has 0 radical (unpaired) electrons. The molecule has 12 heteroatoms. The molecule has 0 aliphatic heterocycles. The molecule has 0 saturated heterocycles. The molecule has 12 nitrogen and oxygen atoms in total. The van der Waals surface area contributed by atoms with Gasteiger partial charge < -0.3 is 37.0 Å². The number of carboxylic acids is 2. The van der Waals surface area contributed by atoms with Crippen molar-refractivity contribution in [1.29, 1.82) is 0 Å². The Bertz CT molecular complexity index is 657. The van der Waals surface area contributed by atoms with Crippen LogP contribution in [0, 0.1) is 11.8 Å². The first-order valence-corrected chi connectivity index (χ1v) is 10.1. The number of aliphatic carboxylic acids is 2. The third kappa shape index (κ3) is 9.30. The van der Waals surface area contributed by atoms with E-state index in [2.05, 4.69) is 10.6 Å². The maximum absolute atomic E-state index is 12.8. The number of carbonyl (C=O) groups is 5. The van der Waals surface area contributed by atoms with E-state index in [0.29, 0.717) is 12.8 Å². The molecular formula is C19H34N4O8. The van der Waals surface area contributed by atoms with Gasteiger partial charge in [-0.2, -0.15) is 0 Å². The van der Waals surface area contributed by atoms with Crippen LogP contribution in [0.5, 0.6) is 0 Å². The first-order chi connectivity index (χ1) is 14.4. The Morgan fingerprint density at radius 3 is 1.74 bits per heavy atom. The number of amides is 3. The molecule has 0 aromatic heterocycles. The summed E-state index contributed by atoms with van der Waals surface area (Å²) in [6, 6.07) is -5.24. The van der Waals surface area contributed by atoms with Gasteiger partial charge in [0.2, 0.25) is 17.7 Å². The topological polar surface area (TPSA) is 208 Å². The van der Waals surface area contributed by atoms with E-state index in [1.165, 1.54) is 0 Å². The van der Waals surface area contributed by atoms with E-state index in [9.17, 15) is 24.0 Å². The smallest absolute Gasteiger partial charge is 0.328 e. The molecule has 0 aliphatic rings. The zero-order chi connectivity index (χ0) is 24.3. The number of carboxylic acid groups (broad SMARTS) is 2. The predicted molar refractivity (Wildman–Crippen MR) is 110 cm³/mol. The van der Waals surface area contributed by atoms with E-state index in [4.69, 9.17) is 21.1 Å². The Morgan fingerprint density at radius 1 is 0.806 bits per heavy atom. The van der Waals surface area contributed by atoms with Crippen LogP contribution in [0.3, 0.4) is 0 Å². The second kappa shape index (κ2) is 13.5. The summed E-state index contributed by atoms with van der Waals surface area (Å²) in [6.07, 6.45) is 0.298. The van der Waals surface area contributed by atoms with Gasteiger partial charge in [-0.3, -0.25) is 19.2 Å². The number of carbonyl (C=O) groups excluding carboxylic acids is 3. The molecule has 0 aromatic carbocycles. The molecule has 0 aliphatic carbocycles. The largest absolute Gasteiger partial charge is 0.481 e. The molecule has 8 N–H and O–H groups in total. The van der Waals surface area contributed by atoms with Crippen molar-refractivity contribution in [3.05, 3.63) is 0 Å². The monoisotopic (exact) mass is 446 g/mol. The number of aliphatic hydroxyl groups excluding tert-OH is 1. The fourth-order valence-corrected chi connectivity index (χ4v) is 2.57. The van der Waals surface area contributed by atoms with Crippen molar-refractivity contribution >= 4 is 29.7 Å². The molecule has 0 saturated carbocycles. The summed E-state index contributed by atoms with van der Waals surface area (Å²) in [7, 11) is 0. The van der Waals surface area contributed by atoms with Gasteiger partial charge in [-0.15, -0.1) is 0 Å². The summed E-state index contributed by atoms with van der Waals surface area (Å²) >= 11 is 0. The summed E-state index contributed by atoms with van der Waals surface area (Å²) in [4.78, 5) is 59.7. The highest BCUT2D eigenvalue weighted by molar-refractivity contribution is 5.95. The third-order valence-electron chi connectivity index (χ3n) is 5.16. The van der Waals surface area contributed by atoms with Gasteiger partial charge in [0, 0.05) is 0 Å². The summed E-state index contributed by atoms with van der Waals surface area (Å²) in [5.41, 5.74) is 5.91. The lowest BCUT2D eigenvalue weighted by atomic mass is 9.95. The molecule has 31 heavy (non-hydrogen) atoms. The van der Waals surface area contributed by atoms with Gasteiger partial charge in [-0.1, -0.05) is 40.5 Å². The summed E-state index contributed by atoms with van der Waals surface area (Å²) in [6.45, 7) is 6.20. The van der Waals surface area contributed by atoms with E-state index in [1.807, 2.05) is 12.2 Å². The highest BCUT2D eigenvalue weighted by Crippen LogP contribution is 2.11. The van der Waals surface area contributed by atoms with Crippen LogP contribution in [0.2, 0.25) is 0 Å². The summed E-state index contributed by atoms with van der Waals surface area (Å²) in [5.74, 6) is -5.91. The van der Waals surface area contributed by atoms with Crippen molar-refractivity contribution < 1.29 is 39.3 Å². The number of nitrogens with one attached hydrogen (secondary N) is 3. The molecule has 0 bridgehead atoms. The average Bonchev–Trinajstić information content (AvgIpc) is 2.72. The number of nitrogens with two attached hydrogens (primary N) is 1. The number of hydrogen-bond donors (Lipinski definition) is 7. The predicted octanol–water partition coefficient (Wildman–Crippen LogP) is -1.59. The average molecular weight is 447 g/mol. The van der Waals surface area contributed by atoms with E-state index in [1.54, 1.807) is 20.8 Å². The maximum atomic E-state index is 12.8. The Labute approximate surface area is 180 Å². The standard InChI is InChI=1S/C19H34N4O8/c1-5-9(3)14(20)17(28)23-15(10(4)6-2)18(29)21-11(7-13(25)26)16(27)22-12(8-24)19(30)31/h9-12,14-15,24H,5-8,20H2,1-4H3,(H,21,29)(H,22,27)(H,23,28)(H,25,26)(H,30,31).